The Kier molecular flexibility index (Phi) is 12.5. The van der Waals surface area contributed by atoms with Gasteiger partial charge in [-0.3, -0.25) is 4.98 Å². The average Bonchev–Trinajstić information content (AvgIpc) is 3.88. The number of pyridine rings is 1. The van der Waals surface area contributed by atoms with Crippen molar-refractivity contribution in [3.63, 3.8) is 0 Å². The van der Waals surface area contributed by atoms with Crippen LogP contribution >= 0.6 is 0 Å². The monoisotopic (exact) mass is 984 g/mol. The van der Waals surface area contributed by atoms with E-state index in [2.05, 4.69) is 178 Å². The summed E-state index contributed by atoms with van der Waals surface area (Å²) in [4.78, 5) is 9.53. The average molecular weight is 984 g/mol. The zero-order valence-electron chi connectivity index (χ0n) is 36.0. The molecule has 0 aliphatic heterocycles. The summed E-state index contributed by atoms with van der Waals surface area (Å²) in [6.45, 7) is 13.6. The van der Waals surface area contributed by atoms with Crippen molar-refractivity contribution in [2.24, 2.45) is 0 Å². The number of hydrogen-bond donors (Lipinski definition) is 0. The molecule has 4 nitrogen and oxygen atoms in total. The van der Waals surface area contributed by atoms with E-state index in [0.717, 1.165) is 55.6 Å². The Morgan fingerprint density at radius 1 is 0.548 bits per heavy atom. The van der Waals surface area contributed by atoms with E-state index < -0.39 is 0 Å². The van der Waals surface area contributed by atoms with E-state index in [0.29, 0.717) is 5.92 Å². The molecule has 0 spiro atoms. The Hall–Kier alpha value is -6.39. The third-order valence-electron chi connectivity index (χ3n) is 11.5. The molecule has 0 N–H and O–H groups in total. The summed E-state index contributed by atoms with van der Waals surface area (Å²) >= 11 is 0. The molecular weight excluding hydrogens is 935 g/mol. The second-order valence-corrected chi connectivity index (χ2v) is 16.6. The van der Waals surface area contributed by atoms with Gasteiger partial charge in [0.15, 0.2) is 0 Å². The van der Waals surface area contributed by atoms with Crippen LogP contribution in [0.25, 0.3) is 83.6 Å². The Morgan fingerprint density at radius 3 is 1.87 bits per heavy atom. The minimum atomic E-state index is 0. The fourth-order valence-electron chi connectivity index (χ4n) is 8.25. The minimum Gasteiger partial charge on any atom is -0.501 e. The van der Waals surface area contributed by atoms with Gasteiger partial charge in [-0.05, 0) is 98.8 Å². The topological polar surface area (TPSA) is 43.9 Å². The fourth-order valence-corrected chi connectivity index (χ4v) is 8.25. The normalized spacial score (nSPS) is 11.4. The second kappa shape index (κ2) is 18.3. The van der Waals surface area contributed by atoms with E-state index in [1.165, 1.54) is 44.6 Å². The first kappa shape index (κ1) is 42.3. The first-order valence-electron chi connectivity index (χ1n) is 21.3. The maximum absolute atomic E-state index is 6.71. The third-order valence-corrected chi connectivity index (χ3v) is 11.5. The van der Waals surface area contributed by atoms with E-state index in [4.69, 9.17) is 9.40 Å². The Bertz CT molecular complexity index is 3030. The summed E-state index contributed by atoms with van der Waals surface area (Å²) in [6.07, 6.45) is 1.79. The predicted molar refractivity (Wildman–Crippen MR) is 254 cm³/mol. The molecule has 3 heterocycles. The molecule has 0 saturated carbocycles. The van der Waals surface area contributed by atoms with Gasteiger partial charge in [-0.15, -0.1) is 54.1 Å². The third kappa shape index (κ3) is 8.31. The first-order chi connectivity index (χ1) is 29.7. The van der Waals surface area contributed by atoms with Crippen molar-refractivity contribution in [2.75, 3.05) is 0 Å². The van der Waals surface area contributed by atoms with Gasteiger partial charge in [-0.1, -0.05) is 143 Å². The van der Waals surface area contributed by atoms with Crippen molar-refractivity contribution in [3.05, 3.63) is 199 Å². The molecule has 0 amide bonds. The molecule has 10 rings (SSSR count). The summed E-state index contributed by atoms with van der Waals surface area (Å²) in [5, 5.41) is 2.20. The van der Waals surface area contributed by atoms with E-state index >= 15 is 0 Å². The van der Waals surface area contributed by atoms with E-state index in [1.807, 2.05) is 48.5 Å². The van der Waals surface area contributed by atoms with Crippen LogP contribution in [-0.2, 0) is 20.1 Å². The molecule has 62 heavy (non-hydrogen) atoms. The van der Waals surface area contributed by atoms with Crippen molar-refractivity contribution in [1.29, 1.82) is 0 Å². The number of rotatable bonds is 8. The summed E-state index contributed by atoms with van der Waals surface area (Å²) in [5.74, 6) is 1.80. The van der Waals surface area contributed by atoms with Crippen molar-refractivity contribution in [2.45, 2.75) is 59.3 Å². The van der Waals surface area contributed by atoms with Gasteiger partial charge >= 0.3 is 0 Å². The Labute approximate surface area is 378 Å². The van der Waals surface area contributed by atoms with Crippen LogP contribution in [-0.4, -0.2) is 14.5 Å². The summed E-state index contributed by atoms with van der Waals surface area (Å²) < 4.78 is 9.08. The largest absolute Gasteiger partial charge is 0.501 e. The van der Waals surface area contributed by atoms with Crippen LogP contribution in [0.1, 0.15) is 76.0 Å². The fraction of sp³-hybridized carbons (Fsp3) is 0.158. The standard InChI is InChI=1S/C46H41N2O.C11H8N.Ir/c1-28(2)34-23-24-36-37-15-12-16-38(45(37)49-43(36)27-34)46-47-41-17-10-11-18-42(41)48(46)44-39(29(3)4)25-35(26-40(44)30(5)6)33-21-19-32(20-22-33)31-13-8-7-9-14-31;1-2-6-10(7-3-1)11-8-4-5-9-12-11;/h7-15,17-30H,1-6H3;1-6,8-9H;/q2*-1;. The van der Waals surface area contributed by atoms with Crippen molar-refractivity contribution >= 4 is 33.0 Å². The molecule has 7 aromatic carbocycles. The summed E-state index contributed by atoms with van der Waals surface area (Å²) in [6, 6.07) is 63.9. The van der Waals surface area contributed by atoms with Gasteiger partial charge in [0.05, 0.1) is 22.4 Å². The van der Waals surface area contributed by atoms with Crippen LogP contribution in [0.2, 0.25) is 0 Å². The summed E-state index contributed by atoms with van der Waals surface area (Å²) in [5.41, 5.74) is 16.6. The SMILES string of the molecule is CC(C)c1ccc2c(c1)oc1c(-c3nc4ccccc4n3-c3c(C(C)C)cc(-c4ccc(-c5ccccc5)cc4)cc3C(C)C)[c-]ccc12.[Ir].[c-]1ccccc1-c1ccccn1. The molecule has 0 saturated heterocycles. The molecule has 5 heteroatoms. The van der Waals surface area contributed by atoms with Crippen molar-refractivity contribution in [3.8, 4) is 50.6 Å². The maximum atomic E-state index is 6.71. The van der Waals surface area contributed by atoms with Gasteiger partial charge in [0, 0.05) is 37.4 Å². The number of para-hydroxylation sites is 2. The number of nitrogens with zero attached hydrogens (tertiary/aromatic N) is 3. The molecule has 3 aromatic heterocycles. The van der Waals surface area contributed by atoms with Gasteiger partial charge in [0.2, 0.25) is 0 Å². The number of benzene rings is 7. The first-order valence-corrected chi connectivity index (χ1v) is 21.3. The number of fused-ring (bicyclic) bond motifs is 4. The molecule has 1 radical (unpaired) electrons. The smallest absolute Gasteiger partial charge is 0.121 e. The van der Waals surface area contributed by atoms with Gasteiger partial charge in [0.1, 0.15) is 5.58 Å². The van der Waals surface area contributed by atoms with Crippen LogP contribution in [0.15, 0.2) is 174 Å². The number of imidazole rings is 1. The quantitative estimate of drug-likeness (QED) is 0.143. The van der Waals surface area contributed by atoms with Gasteiger partial charge in [-0.25, -0.2) is 0 Å². The van der Waals surface area contributed by atoms with Crippen LogP contribution in [0, 0.1) is 12.1 Å². The molecule has 0 bridgehead atoms. The molecule has 0 aliphatic rings. The predicted octanol–water partition coefficient (Wildman–Crippen LogP) is 15.6. The molecule has 10 aromatic rings. The maximum Gasteiger partial charge on any atom is 0.121 e. The van der Waals surface area contributed by atoms with E-state index in [9.17, 15) is 0 Å². The minimum absolute atomic E-state index is 0. The van der Waals surface area contributed by atoms with Crippen molar-refractivity contribution in [1.82, 2.24) is 14.5 Å². The molecule has 0 unspecified atom stereocenters. The zero-order chi connectivity index (χ0) is 42.0. The molecule has 0 atom stereocenters. The second-order valence-electron chi connectivity index (χ2n) is 16.6. The van der Waals surface area contributed by atoms with E-state index in [1.54, 1.807) is 6.20 Å². The molecular formula is C57H49IrN3O-2. The molecule has 0 aliphatic carbocycles. The van der Waals surface area contributed by atoms with E-state index in [-0.39, 0.29) is 31.9 Å². The van der Waals surface area contributed by atoms with Crippen LogP contribution in [0.3, 0.4) is 0 Å². The number of furan rings is 1. The van der Waals surface area contributed by atoms with Gasteiger partial charge in [0.25, 0.3) is 0 Å². The number of hydrogen-bond acceptors (Lipinski definition) is 3. The van der Waals surface area contributed by atoms with Crippen LogP contribution in [0.5, 0.6) is 0 Å². The molecule has 309 valence electrons. The van der Waals surface area contributed by atoms with Gasteiger partial charge < -0.3 is 14.0 Å². The zero-order valence-corrected chi connectivity index (χ0v) is 38.4. The number of aromatic nitrogens is 3. The summed E-state index contributed by atoms with van der Waals surface area (Å²) in [7, 11) is 0. The van der Waals surface area contributed by atoms with Crippen molar-refractivity contribution < 1.29 is 24.5 Å². The van der Waals surface area contributed by atoms with Crippen LogP contribution in [0.4, 0.5) is 0 Å². The van der Waals surface area contributed by atoms with Gasteiger partial charge in [-0.2, -0.15) is 0 Å². The van der Waals surface area contributed by atoms with Crippen LogP contribution < -0.4 is 0 Å². The Morgan fingerprint density at radius 2 is 1.21 bits per heavy atom. The Balaban J connectivity index is 0.000000350. The molecule has 0 fully saturated rings.